The quantitative estimate of drug-likeness (QED) is 0.675. The lowest BCUT2D eigenvalue weighted by molar-refractivity contribution is -0.120. The molecular weight excluding hydrogens is 362 g/mol. The van der Waals surface area contributed by atoms with Gasteiger partial charge in [0.15, 0.2) is 0 Å². The van der Waals surface area contributed by atoms with Gasteiger partial charge in [0, 0.05) is 18.4 Å². The Morgan fingerprint density at radius 3 is 2.17 bits per heavy atom. The van der Waals surface area contributed by atoms with Crippen LogP contribution in [-0.4, -0.2) is 28.2 Å². The molecule has 5 nitrogen and oxygen atoms in total. The number of hydrogen-bond donors (Lipinski definition) is 1. The molecule has 2 aromatic carbocycles. The highest BCUT2D eigenvalue weighted by molar-refractivity contribution is 6.01. The van der Waals surface area contributed by atoms with Gasteiger partial charge in [-0.3, -0.25) is 14.6 Å². The number of hydrogen-bond acceptors (Lipinski definition) is 3. The van der Waals surface area contributed by atoms with Crippen LogP contribution in [0.15, 0.2) is 72.9 Å². The molecule has 1 heterocycles. The van der Waals surface area contributed by atoms with Crippen molar-refractivity contribution in [2.45, 2.75) is 26.8 Å². The molecule has 3 aromatic rings. The highest BCUT2D eigenvalue weighted by atomic mass is 16.2. The number of pyridine rings is 1. The Morgan fingerprint density at radius 2 is 1.59 bits per heavy atom. The van der Waals surface area contributed by atoms with Crippen LogP contribution in [0.4, 0.5) is 5.69 Å². The standard InChI is InChI=1S/C24H25N3O2/c1-4-27(24(29)20-15-8-9-16-25-20)22(19-13-6-5-7-14-19)23(28)26-21-17(2)11-10-12-18(21)3/h5-16,22H,4H2,1-3H3,(H,26,28). The molecule has 1 N–H and O–H groups in total. The van der Waals surface area contributed by atoms with E-state index in [1.54, 1.807) is 29.3 Å². The molecule has 0 saturated carbocycles. The third-order valence-electron chi connectivity index (χ3n) is 4.89. The highest BCUT2D eigenvalue weighted by Crippen LogP contribution is 2.27. The molecule has 0 aliphatic carbocycles. The monoisotopic (exact) mass is 387 g/mol. The van der Waals surface area contributed by atoms with Crippen molar-refractivity contribution in [3.63, 3.8) is 0 Å². The van der Waals surface area contributed by atoms with Gasteiger partial charge in [0.25, 0.3) is 11.8 Å². The molecule has 1 aromatic heterocycles. The van der Waals surface area contributed by atoms with Crippen LogP contribution in [-0.2, 0) is 4.79 Å². The number of aromatic nitrogens is 1. The first kappa shape index (κ1) is 20.3. The number of amides is 2. The van der Waals surface area contributed by atoms with E-state index < -0.39 is 6.04 Å². The van der Waals surface area contributed by atoms with Crippen LogP contribution in [0.2, 0.25) is 0 Å². The van der Waals surface area contributed by atoms with Crippen molar-refractivity contribution in [3.8, 4) is 0 Å². The molecule has 148 valence electrons. The zero-order valence-corrected chi connectivity index (χ0v) is 16.9. The largest absolute Gasteiger partial charge is 0.323 e. The van der Waals surface area contributed by atoms with Crippen LogP contribution in [0.3, 0.4) is 0 Å². The van der Waals surface area contributed by atoms with Crippen molar-refractivity contribution in [1.82, 2.24) is 9.88 Å². The van der Waals surface area contributed by atoms with Gasteiger partial charge in [-0.25, -0.2) is 0 Å². The fourth-order valence-corrected chi connectivity index (χ4v) is 3.39. The third-order valence-corrected chi connectivity index (χ3v) is 4.89. The predicted molar refractivity (Wildman–Crippen MR) is 115 cm³/mol. The van der Waals surface area contributed by atoms with Gasteiger partial charge in [0.1, 0.15) is 11.7 Å². The lowest BCUT2D eigenvalue weighted by Crippen LogP contribution is -2.41. The van der Waals surface area contributed by atoms with Gasteiger partial charge in [-0.15, -0.1) is 0 Å². The number of rotatable bonds is 6. The molecule has 2 amide bonds. The lowest BCUT2D eigenvalue weighted by atomic mass is 10.0. The minimum atomic E-state index is -0.769. The van der Waals surface area contributed by atoms with E-state index >= 15 is 0 Å². The van der Waals surface area contributed by atoms with Gasteiger partial charge in [-0.1, -0.05) is 54.6 Å². The third kappa shape index (κ3) is 4.51. The molecule has 0 saturated heterocycles. The first-order valence-corrected chi connectivity index (χ1v) is 9.67. The SMILES string of the molecule is CCN(C(=O)c1ccccn1)C(C(=O)Nc1c(C)cccc1C)c1ccccc1. The summed E-state index contributed by atoms with van der Waals surface area (Å²) in [5.74, 6) is -0.529. The van der Waals surface area contributed by atoms with E-state index in [2.05, 4.69) is 10.3 Å². The Kier molecular flexibility index (Phi) is 6.39. The zero-order chi connectivity index (χ0) is 20.8. The average Bonchev–Trinajstić information content (AvgIpc) is 2.75. The molecule has 0 bridgehead atoms. The Balaban J connectivity index is 2.00. The van der Waals surface area contributed by atoms with Gasteiger partial charge in [0.05, 0.1) is 0 Å². The van der Waals surface area contributed by atoms with Crippen molar-refractivity contribution in [2.24, 2.45) is 0 Å². The van der Waals surface area contributed by atoms with Gasteiger partial charge >= 0.3 is 0 Å². The lowest BCUT2D eigenvalue weighted by Gasteiger charge is -2.30. The van der Waals surface area contributed by atoms with Crippen molar-refractivity contribution in [2.75, 3.05) is 11.9 Å². The van der Waals surface area contributed by atoms with E-state index in [0.29, 0.717) is 12.2 Å². The average molecular weight is 387 g/mol. The van der Waals surface area contributed by atoms with Gasteiger partial charge in [-0.2, -0.15) is 0 Å². The second kappa shape index (κ2) is 9.15. The number of carbonyl (C=O) groups is 2. The molecule has 3 rings (SSSR count). The highest BCUT2D eigenvalue weighted by Gasteiger charge is 2.31. The van der Waals surface area contributed by atoms with E-state index in [9.17, 15) is 9.59 Å². The van der Waals surface area contributed by atoms with Crippen molar-refractivity contribution in [3.05, 3.63) is 95.3 Å². The summed E-state index contributed by atoms with van der Waals surface area (Å²) in [6.45, 7) is 6.14. The maximum atomic E-state index is 13.4. The van der Waals surface area contributed by atoms with Gasteiger partial charge in [-0.05, 0) is 49.6 Å². The Labute approximate surface area is 171 Å². The number of anilines is 1. The van der Waals surface area contributed by atoms with Crippen LogP contribution in [0.25, 0.3) is 0 Å². The van der Waals surface area contributed by atoms with Crippen molar-refractivity contribution in [1.29, 1.82) is 0 Å². The normalized spacial score (nSPS) is 11.6. The molecule has 1 unspecified atom stereocenters. The molecule has 0 radical (unpaired) electrons. The molecule has 5 heteroatoms. The number of aryl methyl sites for hydroxylation is 2. The van der Waals surface area contributed by atoms with Crippen molar-refractivity contribution < 1.29 is 9.59 Å². The van der Waals surface area contributed by atoms with Gasteiger partial charge < -0.3 is 10.2 Å². The van der Waals surface area contributed by atoms with Crippen LogP contribution < -0.4 is 5.32 Å². The zero-order valence-electron chi connectivity index (χ0n) is 16.9. The Morgan fingerprint density at radius 1 is 0.931 bits per heavy atom. The minimum Gasteiger partial charge on any atom is -0.323 e. The Bertz CT molecular complexity index is 967. The summed E-state index contributed by atoms with van der Waals surface area (Å²) in [7, 11) is 0. The summed E-state index contributed by atoms with van der Waals surface area (Å²) in [4.78, 5) is 32.3. The maximum absolute atomic E-state index is 13.4. The maximum Gasteiger partial charge on any atom is 0.273 e. The number of para-hydroxylation sites is 1. The number of nitrogens with one attached hydrogen (secondary N) is 1. The Hall–Kier alpha value is -3.47. The van der Waals surface area contributed by atoms with E-state index in [1.165, 1.54) is 0 Å². The molecule has 0 spiro atoms. The summed E-state index contributed by atoms with van der Waals surface area (Å²) in [5, 5.41) is 3.04. The minimum absolute atomic E-state index is 0.250. The van der Waals surface area contributed by atoms with Crippen molar-refractivity contribution >= 4 is 17.5 Å². The first-order valence-electron chi connectivity index (χ1n) is 9.67. The van der Waals surface area contributed by atoms with Gasteiger partial charge in [0.2, 0.25) is 0 Å². The smallest absolute Gasteiger partial charge is 0.273 e. The van der Waals surface area contributed by atoms with Crippen LogP contribution in [0.5, 0.6) is 0 Å². The summed E-state index contributed by atoms with van der Waals surface area (Å²) in [6.07, 6.45) is 1.58. The number of nitrogens with zero attached hydrogens (tertiary/aromatic N) is 2. The summed E-state index contributed by atoms with van der Waals surface area (Å²) < 4.78 is 0. The number of likely N-dealkylation sites (N-methyl/N-ethyl adjacent to an activating group) is 1. The summed E-state index contributed by atoms with van der Waals surface area (Å²) in [6, 6.07) is 19.6. The first-order chi connectivity index (χ1) is 14.0. The predicted octanol–water partition coefficient (Wildman–Crippen LogP) is 4.54. The second-order valence-electron chi connectivity index (χ2n) is 6.88. The fourth-order valence-electron chi connectivity index (χ4n) is 3.39. The molecule has 0 fully saturated rings. The summed E-state index contributed by atoms with van der Waals surface area (Å²) in [5.41, 5.74) is 3.80. The van der Waals surface area contributed by atoms with E-state index in [1.807, 2.05) is 69.3 Å². The van der Waals surface area contributed by atoms with E-state index in [0.717, 1.165) is 22.4 Å². The topological polar surface area (TPSA) is 62.3 Å². The second-order valence-corrected chi connectivity index (χ2v) is 6.88. The molecular formula is C24H25N3O2. The molecule has 0 aliphatic rings. The van der Waals surface area contributed by atoms with Crippen LogP contribution >= 0.6 is 0 Å². The molecule has 29 heavy (non-hydrogen) atoms. The molecule has 1 atom stereocenters. The van der Waals surface area contributed by atoms with Crippen LogP contribution in [0.1, 0.15) is 40.1 Å². The van der Waals surface area contributed by atoms with E-state index in [-0.39, 0.29) is 11.8 Å². The fraction of sp³-hybridized carbons (Fsp3) is 0.208. The number of carbonyl (C=O) groups excluding carboxylic acids is 2. The summed E-state index contributed by atoms with van der Waals surface area (Å²) >= 11 is 0. The molecule has 0 aliphatic heterocycles. The van der Waals surface area contributed by atoms with Crippen LogP contribution in [0, 0.1) is 13.8 Å². The number of benzene rings is 2. The van der Waals surface area contributed by atoms with E-state index in [4.69, 9.17) is 0 Å².